The van der Waals surface area contributed by atoms with Crippen molar-refractivity contribution in [2.45, 2.75) is 18.7 Å². The zero-order valence-corrected chi connectivity index (χ0v) is 19.3. The van der Waals surface area contributed by atoms with E-state index >= 15 is 0 Å². The topological polar surface area (TPSA) is 87.3 Å². The molecule has 0 aliphatic heterocycles. The van der Waals surface area contributed by atoms with E-state index < -0.39 is 10.0 Å². The summed E-state index contributed by atoms with van der Waals surface area (Å²) in [6.07, 6.45) is 3.10. The number of anilines is 2. The summed E-state index contributed by atoms with van der Waals surface area (Å²) in [4.78, 5) is 13.0. The number of carbonyl (C=O) groups excluding carboxylic acids is 1. The summed E-state index contributed by atoms with van der Waals surface area (Å²) >= 11 is 6.66. The number of carbonyl (C=O) groups is 1. The summed E-state index contributed by atoms with van der Waals surface area (Å²) in [7, 11) is -3.72. The molecule has 6 nitrogen and oxygen atoms in total. The molecule has 1 aromatic heterocycles. The van der Waals surface area contributed by atoms with Crippen LogP contribution in [0.4, 0.5) is 11.4 Å². The van der Waals surface area contributed by atoms with Gasteiger partial charge < -0.3 is 5.32 Å². The standard InChI is InChI=1S/C22H21N3O3S3/c1-15-5-6-18(14-16(15)2)25-31(27,28)20-10-7-17(8-11-20)23-22(29)24-21(26)12-9-19-4-3-13-30-19/h3-14,25H,1-2H3,(H2,23,24,26,29). The van der Waals surface area contributed by atoms with Crippen LogP contribution in [-0.2, 0) is 14.8 Å². The molecule has 3 aromatic rings. The van der Waals surface area contributed by atoms with Gasteiger partial charge in [0, 0.05) is 22.3 Å². The van der Waals surface area contributed by atoms with Crippen LogP contribution >= 0.6 is 23.6 Å². The number of benzene rings is 2. The SMILES string of the molecule is Cc1ccc(NS(=O)(=O)c2ccc(NC(=S)NC(=O)C=Cc3cccs3)cc2)cc1C. The molecule has 1 heterocycles. The Balaban J connectivity index is 1.59. The largest absolute Gasteiger partial charge is 0.332 e. The zero-order valence-electron chi connectivity index (χ0n) is 16.9. The molecule has 3 rings (SSSR count). The zero-order chi connectivity index (χ0) is 22.4. The minimum absolute atomic E-state index is 0.115. The van der Waals surface area contributed by atoms with Gasteiger partial charge in [0.15, 0.2) is 5.11 Å². The fourth-order valence-electron chi connectivity index (χ4n) is 2.60. The minimum Gasteiger partial charge on any atom is -0.332 e. The third-order valence-electron chi connectivity index (χ3n) is 4.36. The van der Waals surface area contributed by atoms with E-state index in [1.807, 2.05) is 37.4 Å². The minimum atomic E-state index is -3.72. The van der Waals surface area contributed by atoms with E-state index in [2.05, 4.69) is 15.4 Å². The first-order valence-electron chi connectivity index (χ1n) is 9.27. The summed E-state index contributed by atoms with van der Waals surface area (Å²) in [5.74, 6) is -0.359. The third kappa shape index (κ3) is 6.48. The molecule has 31 heavy (non-hydrogen) atoms. The predicted molar refractivity (Wildman–Crippen MR) is 131 cm³/mol. The Bertz CT molecular complexity index is 1220. The molecule has 0 saturated heterocycles. The summed E-state index contributed by atoms with van der Waals surface area (Å²) in [5, 5.41) is 7.44. The van der Waals surface area contributed by atoms with Crippen LogP contribution in [0.15, 0.2) is 70.9 Å². The Hall–Kier alpha value is -3.01. The first-order valence-corrected chi connectivity index (χ1v) is 12.0. The lowest BCUT2D eigenvalue weighted by molar-refractivity contribution is -0.115. The molecule has 1 amide bonds. The van der Waals surface area contributed by atoms with E-state index in [-0.39, 0.29) is 15.9 Å². The van der Waals surface area contributed by atoms with Gasteiger partial charge in [-0.05, 0) is 91.1 Å². The Morgan fingerprint density at radius 1 is 1.00 bits per heavy atom. The van der Waals surface area contributed by atoms with Crippen LogP contribution in [0.3, 0.4) is 0 Å². The van der Waals surface area contributed by atoms with Gasteiger partial charge in [-0.2, -0.15) is 0 Å². The van der Waals surface area contributed by atoms with E-state index in [1.165, 1.54) is 29.5 Å². The molecular weight excluding hydrogens is 450 g/mol. The van der Waals surface area contributed by atoms with E-state index in [9.17, 15) is 13.2 Å². The molecule has 0 aliphatic carbocycles. The van der Waals surface area contributed by atoms with Gasteiger partial charge in [0.2, 0.25) is 5.91 Å². The molecule has 0 atom stereocenters. The molecule has 2 aromatic carbocycles. The summed E-state index contributed by atoms with van der Waals surface area (Å²) in [6, 6.07) is 15.3. The maximum absolute atomic E-state index is 12.6. The number of amides is 1. The van der Waals surface area contributed by atoms with Gasteiger partial charge in [-0.3, -0.25) is 14.8 Å². The van der Waals surface area contributed by atoms with Gasteiger partial charge in [0.25, 0.3) is 10.0 Å². The van der Waals surface area contributed by atoms with Crippen molar-refractivity contribution in [2.75, 3.05) is 10.0 Å². The number of aryl methyl sites for hydroxylation is 2. The van der Waals surface area contributed by atoms with Crippen LogP contribution in [0.2, 0.25) is 0 Å². The summed E-state index contributed by atoms with van der Waals surface area (Å²) < 4.78 is 27.8. The van der Waals surface area contributed by atoms with Gasteiger partial charge in [0.1, 0.15) is 0 Å². The normalized spacial score (nSPS) is 11.3. The average molecular weight is 472 g/mol. The maximum Gasteiger partial charge on any atom is 0.261 e. The summed E-state index contributed by atoms with van der Waals surface area (Å²) in [5.41, 5.74) is 3.14. The highest BCUT2D eigenvalue weighted by Crippen LogP contribution is 2.20. The van der Waals surface area contributed by atoms with Crippen LogP contribution in [0.1, 0.15) is 16.0 Å². The maximum atomic E-state index is 12.6. The average Bonchev–Trinajstić information content (AvgIpc) is 3.23. The van der Waals surface area contributed by atoms with Gasteiger partial charge in [-0.25, -0.2) is 8.42 Å². The Morgan fingerprint density at radius 2 is 1.71 bits per heavy atom. The lowest BCUT2D eigenvalue weighted by Gasteiger charge is -2.11. The van der Waals surface area contributed by atoms with Crippen molar-refractivity contribution in [1.82, 2.24) is 5.32 Å². The molecule has 0 bridgehead atoms. The van der Waals surface area contributed by atoms with E-state index in [4.69, 9.17) is 12.2 Å². The van der Waals surface area contributed by atoms with Crippen LogP contribution in [0.25, 0.3) is 6.08 Å². The third-order valence-corrected chi connectivity index (χ3v) is 6.80. The van der Waals surface area contributed by atoms with E-state index in [0.717, 1.165) is 16.0 Å². The molecule has 0 radical (unpaired) electrons. The fourth-order valence-corrected chi connectivity index (χ4v) is 4.48. The first kappa shape index (κ1) is 22.7. The van der Waals surface area contributed by atoms with E-state index in [0.29, 0.717) is 11.4 Å². The number of hydrogen-bond donors (Lipinski definition) is 3. The number of sulfonamides is 1. The number of hydrogen-bond acceptors (Lipinski definition) is 5. The molecule has 0 unspecified atom stereocenters. The smallest absolute Gasteiger partial charge is 0.261 e. The second kappa shape index (κ2) is 9.86. The number of thiophene rings is 1. The Labute approximate surface area is 191 Å². The number of thiocarbonyl (C=S) groups is 1. The monoisotopic (exact) mass is 471 g/mol. The molecule has 0 saturated carbocycles. The van der Waals surface area contributed by atoms with Crippen LogP contribution in [0.5, 0.6) is 0 Å². The van der Waals surface area contributed by atoms with Crippen molar-refractivity contribution in [3.63, 3.8) is 0 Å². The van der Waals surface area contributed by atoms with Crippen LogP contribution in [0, 0.1) is 13.8 Å². The number of rotatable bonds is 6. The highest BCUT2D eigenvalue weighted by Gasteiger charge is 2.14. The molecule has 9 heteroatoms. The molecule has 0 aliphatic rings. The van der Waals surface area contributed by atoms with Crippen molar-refractivity contribution in [3.05, 3.63) is 82.1 Å². The molecule has 160 valence electrons. The van der Waals surface area contributed by atoms with Crippen molar-refractivity contribution < 1.29 is 13.2 Å². The predicted octanol–water partition coefficient (Wildman–Crippen LogP) is 4.69. The van der Waals surface area contributed by atoms with Crippen LogP contribution in [-0.4, -0.2) is 19.4 Å². The quantitative estimate of drug-likeness (QED) is 0.359. The molecule has 0 fully saturated rings. The Morgan fingerprint density at radius 3 is 2.35 bits per heavy atom. The number of nitrogens with one attached hydrogen (secondary N) is 3. The second-order valence-electron chi connectivity index (χ2n) is 6.72. The Kier molecular flexibility index (Phi) is 7.21. The second-order valence-corrected chi connectivity index (χ2v) is 9.79. The highest BCUT2D eigenvalue weighted by molar-refractivity contribution is 7.92. The lowest BCUT2D eigenvalue weighted by atomic mass is 10.1. The van der Waals surface area contributed by atoms with Crippen molar-refractivity contribution in [1.29, 1.82) is 0 Å². The fraction of sp³-hybridized carbons (Fsp3) is 0.0909. The first-order chi connectivity index (χ1) is 14.7. The lowest BCUT2D eigenvalue weighted by Crippen LogP contribution is -2.32. The molecule has 0 spiro atoms. The van der Waals surface area contributed by atoms with Crippen LogP contribution < -0.4 is 15.4 Å². The van der Waals surface area contributed by atoms with Gasteiger partial charge in [0.05, 0.1) is 4.90 Å². The van der Waals surface area contributed by atoms with E-state index in [1.54, 1.807) is 30.3 Å². The van der Waals surface area contributed by atoms with Crippen molar-refractivity contribution in [3.8, 4) is 0 Å². The van der Waals surface area contributed by atoms with Gasteiger partial charge >= 0.3 is 0 Å². The molecule has 3 N–H and O–H groups in total. The summed E-state index contributed by atoms with van der Waals surface area (Å²) in [6.45, 7) is 3.89. The highest BCUT2D eigenvalue weighted by atomic mass is 32.2. The van der Waals surface area contributed by atoms with Gasteiger partial charge in [-0.1, -0.05) is 12.1 Å². The van der Waals surface area contributed by atoms with Gasteiger partial charge in [-0.15, -0.1) is 11.3 Å². The molecular formula is C22H21N3O3S3. The van der Waals surface area contributed by atoms with Crippen molar-refractivity contribution >= 4 is 62.0 Å². The van der Waals surface area contributed by atoms with Crippen molar-refractivity contribution in [2.24, 2.45) is 0 Å².